The standard InChI is InChI=1S/C13H21FN2O2S/c1-3-15-8-4-5-9-19(17,18)16-13-7-6-11(2)10-12(13)14/h6-7,10,15-16H,3-5,8-9H2,1-2H3. The number of hydrogen-bond donors (Lipinski definition) is 2. The normalized spacial score (nSPS) is 11.5. The van der Waals surface area contributed by atoms with Crippen LogP contribution in [0.1, 0.15) is 25.3 Å². The van der Waals surface area contributed by atoms with Crippen molar-refractivity contribution in [3.8, 4) is 0 Å². The van der Waals surface area contributed by atoms with Crippen molar-refractivity contribution in [1.29, 1.82) is 0 Å². The van der Waals surface area contributed by atoms with Crippen LogP contribution < -0.4 is 10.0 Å². The van der Waals surface area contributed by atoms with E-state index in [9.17, 15) is 12.8 Å². The second kappa shape index (κ2) is 7.45. The van der Waals surface area contributed by atoms with Crippen LogP contribution in [0.25, 0.3) is 0 Å². The monoisotopic (exact) mass is 288 g/mol. The van der Waals surface area contributed by atoms with Crippen LogP contribution in [0.2, 0.25) is 0 Å². The van der Waals surface area contributed by atoms with Crippen LogP contribution in [0.15, 0.2) is 18.2 Å². The van der Waals surface area contributed by atoms with E-state index in [1.54, 1.807) is 13.0 Å². The molecule has 4 nitrogen and oxygen atoms in total. The van der Waals surface area contributed by atoms with Gasteiger partial charge in [0, 0.05) is 0 Å². The summed E-state index contributed by atoms with van der Waals surface area (Å²) in [6.45, 7) is 5.42. The number of anilines is 1. The van der Waals surface area contributed by atoms with E-state index in [0.29, 0.717) is 6.42 Å². The van der Waals surface area contributed by atoms with Crippen LogP contribution in [-0.2, 0) is 10.0 Å². The Labute approximate surface area is 114 Å². The maximum atomic E-state index is 13.5. The second-order valence-corrected chi connectivity index (χ2v) is 6.31. The van der Waals surface area contributed by atoms with Gasteiger partial charge < -0.3 is 5.32 Å². The average Bonchev–Trinajstić information content (AvgIpc) is 2.32. The maximum absolute atomic E-state index is 13.5. The predicted molar refractivity (Wildman–Crippen MR) is 76.3 cm³/mol. The molecule has 0 aliphatic carbocycles. The Kier molecular flexibility index (Phi) is 6.24. The van der Waals surface area contributed by atoms with Gasteiger partial charge in [0.05, 0.1) is 11.4 Å². The van der Waals surface area contributed by atoms with Crippen LogP contribution in [0.5, 0.6) is 0 Å². The van der Waals surface area contributed by atoms with Crippen molar-refractivity contribution in [3.05, 3.63) is 29.6 Å². The Hall–Kier alpha value is -1.14. The van der Waals surface area contributed by atoms with Gasteiger partial charge in [-0.2, -0.15) is 0 Å². The van der Waals surface area contributed by atoms with Gasteiger partial charge in [0.15, 0.2) is 0 Å². The van der Waals surface area contributed by atoms with Gasteiger partial charge in [-0.25, -0.2) is 12.8 Å². The minimum Gasteiger partial charge on any atom is -0.317 e. The van der Waals surface area contributed by atoms with Crippen LogP contribution in [0.4, 0.5) is 10.1 Å². The molecule has 0 radical (unpaired) electrons. The molecule has 6 heteroatoms. The molecule has 0 unspecified atom stereocenters. The van der Waals surface area contributed by atoms with E-state index >= 15 is 0 Å². The summed E-state index contributed by atoms with van der Waals surface area (Å²) in [6, 6.07) is 4.43. The first-order valence-electron chi connectivity index (χ1n) is 6.42. The molecule has 0 fully saturated rings. The lowest BCUT2D eigenvalue weighted by Gasteiger charge is -2.09. The molecule has 0 bridgehead atoms. The molecule has 0 aliphatic rings. The molecule has 0 saturated heterocycles. The Morgan fingerprint density at radius 1 is 1.26 bits per heavy atom. The van der Waals surface area contributed by atoms with Gasteiger partial charge in [0.25, 0.3) is 0 Å². The third-order valence-electron chi connectivity index (χ3n) is 2.66. The third-order valence-corrected chi connectivity index (χ3v) is 4.01. The summed E-state index contributed by atoms with van der Waals surface area (Å²) in [7, 11) is -3.47. The summed E-state index contributed by atoms with van der Waals surface area (Å²) in [5.41, 5.74) is 0.767. The van der Waals surface area contributed by atoms with Crippen molar-refractivity contribution in [3.63, 3.8) is 0 Å². The van der Waals surface area contributed by atoms with Crippen LogP contribution in [-0.4, -0.2) is 27.3 Å². The first-order chi connectivity index (χ1) is 8.94. The van der Waals surface area contributed by atoms with E-state index in [1.807, 2.05) is 6.92 Å². The molecule has 0 aliphatic heterocycles. The summed E-state index contributed by atoms with van der Waals surface area (Å²) >= 11 is 0. The van der Waals surface area contributed by atoms with Gasteiger partial charge in [0.2, 0.25) is 10.0 Å². The van der Waals surface area contributed by atoms with E-state index < -0.39 is 15.8 Å². The van der Waals surface area contributed by atoms with Crippen LogP contribution in [0.3, 0.4) is 0 Å². The lowest BCUT2D eigenvalue weighted by molar-refractivity contribution is 0.591. The lowest BCUT2D eigenvalue weighted by Crippen LogP contribution is -2.19. The topological polar surface area (TPSA) is 58.2 Å². The summed E-state index contributed by atoms with van der Waals surface area (Å²) in [5, 5.41) is 3.12. The van der Waals surface area contributed by atoms with Gasteiger partial charge >= 0.3 is 0 Å². The van der Waals surface area contributed by atoms with Gasteiger partial charge in [-0.3, -0.25) is 4.72 Å². The van der Waals surface area contributed by atoms with Crippen molar-refractivity contribution in [2.45, 2.75) is 26.7 Å². The highest BCUT2D eigenvalue weighted by molar-refractivity contribution is 7.92. The molecule has 1 aromatic rings. The Balaban J connectivity index is 2.50. The van der Waals surface area contributed by atoms with E-state index in [-0.39, 0.29) is 11.4 Å². The molecule has 0 atom stereocenters. The minimum atomic E-state index is -3.47. The van der Waals surface area contributed by atoms with Gasteiger partial charge in [-0.1, -0.05) is 13.0 Å². The van der Waals surface area contributed by atoms with Crippen molar-refractivity contribution < 1.29 is 12.8 Å². The number of benzene rings is 1. The van der Waals surface area contributed by atoms with Crippen molar-refractivity contribution in [1.82, 2.24) is 5.32 Å². The van der Waals surface area contributed by atoms with Crippen molar-refractivity contribution in [2.75, 3.05) is 23.6 Å². The number of hydrogen-bond acceptors (Lipinski definition) is 3. The number of sulfonamides is 1. The number of unbranched alkanes of at least 4 members (excludes halogenated alkanes) is 1. The predicted octanol–water partition coefficient (Wildman–Crippen LogP) is 2.27. The molecular formula is C13H21FN2O2S. The molecule has 108 valence electrons. The summed E-state index contributed by atoms with van der Waals surface area (Å²) in [4.78, 5) is 0. The highest BCUT2D eigenvalue weighted by atomic mass is 32.2. The zero-order valence-corrected chi connectivity index (χ0v) is 12.2. The fourth-order valence-electron chi connectivity index (χ4n) is 1.64. The number of nitrogens with one attached hydrogen (secondary N) is 2. The molecule has 1 rings (SSSR count). The molecule has 2 N–H and O–H groups in total. The van der Waals surface area contributed by atoms with Crippen LogP contribution >= 0.6 is 0 Å². The zero-order chi connectivity index (χ0) is 14.3. The smallest absolute Gasteiger partial charge is 0.232 e. The summed E-state index contributed by atoms with van der Waals surface area (Å²) in [5.74, 6) is -0.539. The highest BCUT2D eigenvalue weighted by Gasteiger charge is 2.12. The quantitative estimate of drug-likeness (QED) is 0.721. The number of halogens is 1. The highest BCUT2D eigenvalue weighted by Crippen LogP contribution is 2.17. The van der Waals surface area contributed by atoms with E-state index in [1.165, 1.54) is 12.1 Å². The first-order valence-corrected chi connectivity index (χ1v) is 8.07. The Bertz CT molecular complexity index is 503. The van der Waals surface area contributed by atoms with E-state index in [4.69, 9.17) is 0 Å². The second-order valence-electron chi connectivity index (χ2n) is 4.46. The maximum Gasteiger partial charge on any atom is 0.232 e. The summed E-state index contributed by atoms with van der Waals surface area (Å²) < 4.78 is 39.4. The molecule has 19 heavy (non-hydrogen) atoms. The average molecular weight is 288 g/mol. The first kappa shape index (κ1) is 15.9. The molecule has 0 heterocycles. The fraction of sp³-hybridized carbons (Fsp3) is 0.538. The van der Waals surface area contributed by atoms with E-state index in [0.717, 1.165) is 25.1 Å². The molecule has 0 aromatic heterocycles. The molecule has 0 spiro atoms. The van der Waals surface area contributed by atoms with Crippen molar-refractivity contribution >= 4 is 15.7 Å². The fourth-order valence-corrected chi connectivity index (χ4v) is 2.83. The molecule has 0 saturated carbocycles. The molecule has 1 aromatic carbocycles. The number of aryl methyl sites for hydroxylation is 1. The molecule has 0 amide bonds. The number of rotatable bonds is 8. The van der Waals surface area contributed by atoms with Crippen molar-refractivity contribution in [2.24, 2.45) is 0 Å². The SMILES string of the molecule is CCNCCCCS(=O)(=O)Nc1ccc(C)cc1F. The largest absolute Gasteiger partial charge is 0.317 e. The van der Waals surface area contributed by atoms with Crippen LogP contribution in [0, 0.1) is 12.7 Å². The van der Waals surface area contributed by atoms with E-state index in [2.05, 4.69) is 10.0 Å². The zero-order valence-electron chi connectivity index (χ0n) is 11.4. The Morgan fingerprint density at radius 3 is 2.63 bits per heavy atom. The van der Waals surface area contributed by atoms with Gasteiger partial charge in [0.1, 0.15) is 5.82 Å². The van der Waals surface area contributed by atoms with Gasteiger partial charge in [-0.15, -0.1) is 0 Å². The third kappa shape index (κ3) is 6.02. The summed E-state index contributed by atoms with van der Waals surface area (Å²) in [6.07, 6.45) is 1.33. The molecular weight excluding hydrogens is 267 g/mol. The Morgan fingerprint density at radius 2 is 2.00 bits per heavy atom. The minimum absolute atomic E-state index is 0.00567. The van der Waals surface area contributed by atoms with Gasteiger partial charge in [-0.05, 0) is 50.6 Å². The lowest BCUT2D eigenvalue weighted by atomic mass is 10.2.